The van der Waals surface area contributed by atoms with Crippen molar-refractivity contribution in [2.24, 2.45) is 0 Å². The van der Waals surface area contributed by atoms with Gasteiger partial charge < -0.3 is 5.11 Å². The van der Waals surface area contributed by atoms with E-state index in [4.69, 9.17) is 5.11 Å². The molecule has 1 rings (SSSR count). The summed E-state index contributed by atoms with van der Waals surface area (Å²) < 4.78 is 39.1. The summed E-state index contributed by atoms with van der Waals surface area (Å²) in [6.07, 6.45) is -0.191. The number of halogens is 1. The molecular formula is C12H16FNO4S. The van der Waals surface area contributed by atoms with Crippen LogP contribution in [0.25, 0.3) is 0 Å². The van der Waals surface area contributed by atoms with Crippen molar-refractivity contribution in [1.82, 2.24) is 4.72 Å². The summed E-state index contributed by atoms with van der Waals surface area (Å²) in [6, 6.07) is 5.20. The summed E-state index contributed by atoms with van der Waals surface area (Å²) in [5.74, 6) is -1.82. The third-order valence-electron chi connectivity index (χ3n) is 2.53. The predicted molar refractivity (Wildman–Crippen MR) is 68.6 cm³/mol. The van der Waals surface area contributed by atoms with E-state index in [2.05, 4.69) is 4.72 Å². The molecule has 1 aromatic carbocycles. The number of rotatable bonds is 7. The minimum Gasteiger partial charge on any atom is -0.481 e. The lowest BCUT2D eigenvalue weighted by molar-refractivity contribution is -0.137. The lowest BCUT2D eigenvalue weighted by atomic mass is 10.1. The second-order valence-electron chi connectivity index (χ2n) is 4.18. The largest absolute Gasteiger partial charge is 0.481 e. The van der Waals surface area contributed by atoms with Gasteiger partial charge in [0.2, 0.25) is 10.0 Å². The van der Waals surface area contributed by atoms with Crippen molar-refractivity contribution in [3.05, 3.63) is 35.6 Å². The number of benzene rings is 1. The minimum absolute atomic E-state index is 0.0225. The van der Waals surface area contributed by atoms with Crippen LogP contribution in [0, 0.1) is 5.82 Å². The van der Waals surface area contributed by atoms with E-state index in [1.54, 1.807) is 6.07 Å². The van der Waals surface area contributed by atoms with E-state index in [-0.39, 0.29) is 24.2 Å². The fraction of sp³-hybridized carbons (Fsp3) is 0.417. The van der Waals surface area contributed by atoms with E-state index in [0.717, 1.165) is 0 Å². The molecule has 5 nitrogen and oxygen atoms in total. The maximum atomic E-state index is 13.5. The van der Waals surface area contributed by atoms with Gasteiger partial charge >= 0.3 is 5.97 Å². The van der Waals surface area contributed by atoms with E-state index < -0.39 is 27.9 Å². The highest BCUT2D eigenvalue weighted by Gasteiger charge is 2.18. The molecule has 19 heavy (non-hydrogen) atoms. The molecule has 0 saturated heterocycles. The van der Waals surface area contributed by atoms with Crippen molar-refractivity contribution in [1.29, 1.82) is 0 Å². The number of nitrogens with one attached hydrogen (secondary N) is 1. The Kier molecular flexibility index (Phi) is 5.44. The number of carbonyl (C=O) groups is 1. The first-order valence-electron chi connectivity index (χ1n) is 5.78. The topological polar surface area (TPSA) is 83.5 Å². The van der Waals surface area contributed by atoms with Crippen molar-refractivity contribution in [3.8, 4) is 0 Å². The van der Waals surface area contributed by atoms with E-state index >= 15 is 0 Å². The van der Waals surface area contributed by atoms with Crippen molar-refractivity contribution in [3.63, 3.8) is 0 Å². The van der Waals surface area contributed by atoms with Crippen LogP contribution in [0.5, 0.6) is 0 Å². The van der Waals surface area contributed by atoms with Gasteiger partial charge in [-0.3, -0.25) is 4.79 Å². The number of carboxylic acids is 1. The summed E-state index contributed by atoms with van der Waals surface area (Å²) in [6.45, 7) is 1.53. The van der Waals surface area contributed by atoms with Gasteiger partial charge in [0.25, 0.3) is 0 Å². The standard InChI is InChI=1S/C12H16FNO4S/c1-9(10-5-2-3-6-11(10)13)14-19(17,18)8-4-7-12(15)16/h2-3,5-6,9,14H,4,7-8H2,1H3,(H,15,16)/t9-/m1/s1. The Labute approximate surface area is 111 Å². The average Bonchev–Trinajstić information content (AvgIpc) is 2.27. The van der Waals surface area contributed by atoms with Crippen LogP contribution in [0.15, 0.2) is 24.3 Å². The first kappa shape index (κ1) is 15.6. The second-order valence-corrected chi connectivity index (χ2v) is 6.05. The first-order valence-corrected chi connectivity index (χ1v) is 7.43. The maximum Gasteiger partial charge on any atom is 0.303 e. The lowest BCUT2D eigenvalue weighted by Crippen LogP contribution is -2.29. The Hall–Kier alpha value is -1.47. The van der Waals surface area contributed by atoms with Crippen LogP contribution in [0.4, 0.5) is 4.39 Å². The third-order valence-corrected chi connectivity index (χ3v) is 4.07. The molecule has 0 aliphatic heterocycles. The summed E-state index contributed by atoms with van der Waals surface area (Å²) in [5, 5.41) is 8.44. The SMILES string of the molecule is C[C@@H](NS(=O)(=O)CCCC(=O)O)c1ccccc1F. The Morgan fingerprint density at radius 2 is 2.05 bits per heavy atom. The summed E-state index contributed by atoms with van der Waals surface area (Å²) in [7, 11) is -3.62. The predicted octanol–water partition coefficient (Wildman–Crippen LogP) is 1.67. The van der Waals surface area contributed by atoms with Gasteiger partial charge in [-0.25, -0.2) is 17.5 Å². The molecule has 0 aliphatic carbocycles. The maximum absolute atomic E-state index is 13.5. The normalized spacial score (nSPS) is 13.2. The molecule has 0 aliphatic rings. The average molecular weight is 289 g/mol. The Morgan fingerprint density at radius 1 is 1.42 bits per heavy atom. The molecule has 106 valence electrons. The number of carboxylic acid groups (broad SMARTS) is 1. The molecule has 0 amide bonds. The van der Waals surface area contributed by atoms with Crippen molar-refractivity contribution >= 4 is 16.0 Å². The highest BCUT2D eigenvalue weighted by Crippen LogP contribution is 2.17. The van der Waals surface area contributed by atoms with E-state index in [1.807, 2.05) is 0 Å². The third kappa shape index (κ3) is 5.35. The molecule has 0 bridgehead atoms. The fourth-order valence-electron chi connectivity index (χ4n) is 1.63. The molecule has 0 unspecified atom stereocenters. The van der Waals surface area contributed by atoms with Crippen LogP contribution in [0.3, 0.4) is 0 Å². The lowest BCUT2D eigenvalue weighted by Gasteiger charge is -2.15. The smallest absolute Gasteiger partial charge is 0.303 e. The fourth-order valence-corrected chi connectivity index (χ4v) is 2.94. The minimum atomic E-state index is -3.62. The number of hydrogen-bond acceptors (Lipinski definition) is 3. The summed E-state index contributed by atoms with van der Waals surface area (Å²) >= 11 is 0. The second kappa shape index (κ2) is 6.63. The Bertz CT molecular complexity index is 544. The van der Waals surface area contributed by atoms with Gasteiger partial charge in [0.05, 0.1) is 5.75 Å². The Morgan fingerprint density at radius 3 is 2.63 bits per heavy atom. The molecule has 0 aromatic heterocycles. The zero-order valence-corrected chi connectivity index (χ0v) is 11.3. The number of hydrogen-bond donors (Lipinski definition) is 2. The van der Waals surface area contributed by atoms with Gasteiger partial charge in [0.15, 0.2) is 0 Å². The quantitative estimate of drug-likeness (QED) is 0.799. The number of sulfonamides is 1. The number of aliphatic carboxylic acids is 1. The van der Waals surface area contributed by atoms with Crippen molar-refractivity contribution < 1.29 is 22.7 Å². The molecular weight excluding hydrogens is 273 g/mol. The summed E-state index contributed by atoms with van der Waals surface area (Å²) in [5.41, 5.74) is 0.254. The van der Waals surface area contributed by atoms with Gasteiger partial charge in [-0.1, -0.05) is 18.2 Å². The zero-order chi connectivity index (χ0) is 14.5. The molecule has 1 atom stereocenters. The van der Waals surface area contributed by atoms with E-state index in [1.165, 1.54) is 25.1 Å². The highest BCUT2D eigenvalue weighted by molar-refractivity contribution is 7.89. The van der Waals surface area contributed by atoms with Crippen LogP contribution in [0.2, 0.25) is 0 Å². The van der Waals surface area contributed by atoms with Crippen LogP contribution in [-0.4, -0.2) is 25.2 Å². The van der Waals surface area contributed by atoms with Crippen LogP contribution in [-0.2, 0) is 14.8 Å². The Balaban J connectivity index is 2.63. The molecule has 1 aromatic rings. The highest BCUT2D eigenvalue weighted by atomic mass is 32.2. The molecule has 0 spiro atoms. The van der Waals surface area contributed by atoms with E-state index in [9.17, 15) is 17.6 Å². The molecule has 0 fully saturated rings. The van der Waals surface area contributed by atoms with Crippen molar-refractivity contribution in [2.75, 3.05) is 5.75 Å². The van der Waals surface area contributed by atoms with Crippen LogP contribution in [0.1, 0.15) is 31.4 Å². The molecule has 2 N–H and O–H groups in total. The molecule has 0 radical (unpaired) electrons. The monoisotopic (exact) mass is 289 g/mol. The van der Waals surface area contributed by atoms with E-state index in [0.29, 0.717) is 0 Å². The zero-order valence-electron chi connectivity index (χ0n) is 10.5. The van der Waals surface area contributed by atoms with Gasteiger partial charge in [-0.15, -0.1) is 0 Å². The summed E-state index contributed by atoms with van der Waals surface area (Å²) in [4.78, 5) is 10.3. The van der Waals surface area contributed by atoms with Crippen LogP contribution >= 0.6 is 0 Å². The van der Waals surface area contributed by atoms with Crippen LogP contribution < -0.4 is 4.72 Å². The first-order chi connectivity index (χ1) is 8.82. The molecule has 0 saturated carbocycles. The van der Waals surface area contributed by atoms with Crippen molar-refractivity contribution in [2.45, 2.75) is 25.8 Å². The molecule has 7 heteroatoms. The van der Waals surface area contributed by atoms with Gasteiger partial charge in [-0.05, 0) is 19.4 Å². The van der Waals surface area contributed by atoms with Gasteiger partial charge in [-0.2, -0.15) is 0 Å². The molecule has 0 heterocycles. The van der Waals surface area contributed by atoms with Gasteiger partial charge in [0.1, 0.15) is 5.82 Å². The van der Waals surface area contributed by atoms with Gasteiger partial charge in [0, 0.05) is 18.0 Å².